The van der Waals surface area contributed by atoms with Crippen molar-refractivity contribution in [1.29, 1.82) is 0 Å². The topological polar surface area (TPSA) is 86.3 Å². The molecule has 0 atom stereocenters. The first-order chi connectivity index (χ1) is 13.9. The summed E-state index contributed by atoms with van der Waals surface area (Å²) in [5.74, 6) is 0.858. The normalized spacial score (nSPS) is 15.7. The van der Waals surface area contributed by atoms with Gasteiger partial charge in [-0.15, -0.1) is 24.0 Å². The molecule has 1 saturated heterocycles. The number of para-hydroxylation sites is 1. The molecule has 2 N–H and O–H groups in total. The molecule has 0 saturated carbocycles. The molecule has 0 aliphatic carbocycles. The van der Waals surface area contributed by atoms with Gasteiger partial charge in [0.05, 0.1) is 18.5 Å². The number of nitrogens with zero attached hydrogens (tertiary/aromatic N) is 3. The zero-order valence-corrected chi connectivity index (χ0v) is 21.4. The molecule has 0 unspecified atom stereocenters. The van der Waals surface area contributed by atoms with Gasteiger partial charge in [0, 0.05) is 52.0 Å². The van der Waals surface area contributed by atoms with Crippen LogP contribution in [0.15, 0.2) is 35.3 Å². The average Bonchev–Trinajstić information content (AvgIpc) is 2.71. The van der Waals surface area contributed by atoms with Crippen LogP contribution in [0, 0.1) is 0 Å². The Hall–Kier alpha value is -1.11. The summed E-state index contributed by atoms with van der Waals surface area (Å²) in [7, 11) is -1.51. The standard InChI is InChI=1S/C20H35N5O3S.HI/c1-18(2)28-16-17-29(26,27)25-14-12-24(13-15-25)20(21-3)23-11-7-10-22-19-8-5-4-6-9-19;/h4-6,8-9,18,22H,7,10-17H2,1-3H3,(H,21,23);1H. The van der Waals surface area contributed by atoms with Crippen molar-refractivity contribution in [2.45, 2.75) is 26.4 Å². The minimum atomic E-state index is -3.27. The highest BCUT2D eigenvalue weighted by Crippen LogP contribution is 2.09. The fourth-order valence-corrected chi connectivity index (χ4v) is 4.39. The fourth-order valence-electron chi connectivity index (χ4n) is 3.11. The van der Waals surface area contributed by atoms with Crippen LogP contribution in [0.2, 0.25) is 0 Å². The van der Waals surface area contributed by atoms with Crippen molar-refractivity contribution in [1.82, 2.24) is 14.5 Å². The largest absolute Gasteiger partial charge is 0.385 e. The van der Waals surface area contributed by atoms with E-state index in [1.807, 2.05) is 32.0 Å². The van der Waals surface area contributed by atoms with E-state index in [0.29, 0.717) is 26.2 Å². The molecule has 10 heteroatoms. The van der Waals surface area contributed by atoms with E-state index in [-0.39, 0.29) is 42.4 Å². The van der Waals surface area contributed by atoms with Gasteiger partial charge in [-0.25, -0.2) is 8.42 Å². The van der Waals surface area contributed by atoms with Gasteiger partial charge in [-0.2, -0.15) is 4.31 Å². The molecule has 2 rings (SSSR count). The Kier molecular flexibility index (Phi) is 12.6. The maximum Gasteiger partial charge on any atom is 0.216 e. The fraction of sp³-hybridized carbons (Fsp3) is 0.650. The quantitative estimate of drug-likeness (QED) is 0.200. The van der Waals surface area contributed by atoms with Crippen molar-refractivity contribution in [3.05, 3.63) is 30.3 Å². The first-order valence-electron chi connectivity index (χ1n) is 10.3. The first kappa shape index (κ1) is 26.9. The predicted octanol–water partition coefficient (Wildman–Crippen LogP) is 2.05. The lowest BCUT2D eigenvalue weighted by atomic mass is 10.3. The molecule has 1 fully saturated rings. The Balaban J connectivity index is 0.00000450. The van der Waals surface area contributed by atoms with Crippen LogP contribution in [0.5, 0.6) is 0 Å². The van der Waals surface area contributed by atoms with Crippen LogP contribution in [-0.4, -0.2) is 88.4 Å². The summed E-state index contributed by atoms with van der Waals surface area (Å²) in [5, 5.41) is 6.76. The van der Waals surface area contributed by atoms with E-state index in [0.717, 1.165) is 31.2 Å². The van der Waals surface area contributed by atoms with Crippen LogP contribution in [-0.2, 0) is 14.8 Å². The Labute approximate surface area is 198 Å². The van der Waals surface area contributed by atoms with Crippen LogP contribution in [0.25, 0.3) is 0 Å². The molecule has 0 aromatic heterocycles. The number of sulfonamides is 1. The van der Waals surface area contributed by atoms with Crippen molar-refractivity contribution in [2.24, 2.45) is 4.99 Å². The minimum Gasteiger partial charge on any atom is -0.385 e. The van der Waals surface area contributed by atoms with Gasteiger partial charge in [-0.05, 0) is 32.4 Å². The van der Waals surface area contributed by atoms with Crippen LogP contribution >= 0.6 is 24.0 Å². The lowest BCUT2D eigenvalue weighted by Gasteiger charge is -2.35. The highest BCUT2D eigenvalue weighted by Gasteiger charge is 2.27. The summed E-state index contributed by atoms with van der Waals surface area (Å²) >= 11 is 0. The van der Waals surface area contributed by atoms with E-state index in [4.69, 9.17) is 4.74 Å². The molecule has 0 radical (unpaired) electrons. The third kappa shape index (κ3) is 9.36. The molecule has 0 bridgehead atoms. The Morgan fingerprint density at radius 1 is 1.13 bits per heavy atom. The van der Waals surface area contributed by atoms with Crippen molar-refractivity contribution in [3.63, 3.8) is 0 Å². The van der Waals surface area contributed by atoms with Gasteiger partial charge in [-0.1, -0.05) is 18.2 Å². The van der Waals surface area contributed by atoms with Crippen molar-refractivity contribution in [2.75, 3.05) is 64.0 Å². The smallest absolute Gasteiger partial charge is 0.216 e. The Bertz CT molecular complexity index is 723. The zero-order chi connectivity index (χ0) is 21.1. The summed E-state index contributed by atoms with van der Waals surface area (Å²) in [6.45, 7) is 7.93. The molecular formula is C20H36IN5O3S. The molecule has 8 nitrogen and oxygen atoms in total. The van der Waals surface area contributed by atoms with Crippen LogP contribution < -0.4 is 10.6 Å². The number of halogens is 1. The zero-order valence-electron chi connectivity index (χ0n) is 18.2. The summed E-state index contributed by atoms with van der Waals surface area (Å²) < 4.78 is 31.8. The molecule has 1 aromatic carbocycles. The monoisotopic (exact) mass is 553 g/mol. The van der Waals surface area contributed by atoms with E-state index in [1.165, 1.54) is 0 Å². The molecule has 172 valence electrons. The second-order valence-corrected chi connectivity index (χ2v) is 9.33. The molecule has 30 heavy (non-hydrogen) atoms. The van der Waals surface area contributed by atoms with Gasteiger partial charge in [-0.3, -0.25) is 4.99 Å². The van der Waals surface area contributed by atoms with Crippen molar-refractivity contribution < 1.29 is 13.2 Å². The molecule has 1 aliphatic rings. The number of anilines is 1. The van der Waals surface area contributed by atoms with Gasteiger partial charge < -0.3 is 20.3 Å². The molecule has 1 aliphatic heterocycles. The van der Waals surface area contributed by atoms with Crippen LogP contribution in [0.4, 0.5) is 5.69 Å². The highest BCUT2D eigenvalue weighted by molar-refractivity contribution is 14.0. The maximum absolute atomic E-state index is 12.4. The number of nitrogens with one attached hydrogen (secondary N) is 2. The predicted molar refractivity (Wildman–Crippen MR) is 134 cm³/mol. The van der Waals surface area contributed by atoms with Crippen molar-refractivity contribution in [3.8, 4) is 0 Å². The minimum absolute atomic E-state index is 0. The molecule has 1 aromatic rings. The number of hydrogen-bond acceptors (Lipinski definition) is 5. The van der Waals surface area contributed by atoms with E-state index in [9.17, 15) is 8.42 Å². The number of piperazine rings is 1. The second kappa shape index (κ2) is 14.0. The summed E-state index contributed by atoms with van der Waals surface area (Å²) in [4.78, 5) is 6.46. The van der Waals surface area contributed by atoms with Gasteiger partial charge in [0.15, 0.2) is 5.96 Å². The molecular weight excluding hydrogens is 517 g/mol. The van der Waals surface area contributed by atoms with Gasteiger partial charge in [0.25, 0.3) is 0 Å². The molecule has 0 spiro atoms. The third-order valence-electron chi connectivity index (χ3n) is 4.68. The second-order valence-electron chi connectivity index (χ2n) is 7.24. The molecule has 0 amide bonds. The van der Waals surface area contributed by atoms with Gasteiger partial charge >= 0.3 is 0 Å². The maximum atomic E-state index is 12.4. The summed E-state index contributed by atoms with van der Waals surface area (Å²) in [6.07, 6.45) is 0.998. The van der Waals surface area contributed by atoms with Gasteiger partial charge in [0.2, 0.25) is 10.0 Å². The number of benzene rings is 1. The van der Waals surface area contributed by atoms with Crippen molar-refractivity contribution >= 4 is 45.6 Å². The first-order valence-corrected chi connectivity index (χ1v) is 11.9. The number of guanidine groups is 1. The summed E-state index contributed by atoms with van der Waals surface area (Å²) in [5.41, 5.74) is 1.12. The number of aliphatic imine (C=N–C) groups is 1. The van der Waals surface area contributed by atoms with Gasteiger partial charge in [0.1, 0.15) is 0 Å². The lowest BCUT2D eigenvalue weighted by Crippen LogP contribution is -2.54. The van der Waals surface area contributed by atoms with E-state index in [2.05, 4.69) is 32.7 Å². The Morgan fingerprint density at radius 2 is 1.80 bits per heavy atom. The van der Waals surface area contributed by atoms with Crippen LogP contribution in [0.1, 0.15) is 20.3 Å². The number of hydrogen-bond donors (Lipinski definition) is 2. The number of rotatable bonds is 10. The SMILES string of the molecule is CN=C(NCCCNc1ccccc1)N1CCN(S(=O)(=O)CCOC(C)C)CC1.I. The van der Waals surface area contributed by atoms with E-state index in [1.54, 1.807) is 11.4 Å². The third-order valence-corrected chi connectivity index (χ3v) is 6.51. The van der Waals surface area contributed by atoms with E-state index >= 15 is 0 Å². The Morgan fingerprint density at radius 3 is 2.40 bits per heavy atom. The average molecular weight is 554 g/mol. The van der Waals surface area contributed by atoms with E-state index < -0.39 is 10.0 Å². The lowest BCUT2D eigenvalue weighted by molar-refractivity contribution is 0.0904. The summed E-state index contributed by atoms with van der Waals surface area (Å²) in [6, 6.07) is 10.1. The van der Waals surface area contributed by atoms with Crippen LogP contribution in [0.3, 0.4) is 0 Å². The highest BCUT2D eigenvalue weighted by atomic mass is 127. The number of ether oxygens (including phenoxy) is 1. The molecule has 1 heterocycles.